The van der Waals surface area contributed by atoms with Crippen LogP contribution in [0.1, 0.15) is 5.56 Å². The van der Waals surface area contributed by atoms with Gasteiger partial charge in [0.1, 0.15) is 21.6 Å². The maximum atomic E-state index is 5.41. The van der Waals surface area contributed by atoms with E-state index in [0.717, 1.165) is 17.1 Å². The summed E-state index contributed by atoms with van der Waals surface area (Å²) in [6.07, 6.45) is 0. The van der Waals surface area contributed by atoms with Gasteiger partial charge in [-0.05, 0) is 0 Å². The summed E-state index contributed by atoms with van der Waals surface area (Å²) in [5.74, 6) is 2.18. The third-order valence-electron chi connectivity index (χ3n) is 2.82. The molecule has 1 heterocycles. The van der Waals surface area contributed by atoms with E-state index in [4.69, 9.17) is 18.9 Å². The second-order valence-electron chi connectivity index (χ2n) is 3.87. The number of hydrogen-bond acceptors (Lipinski definition) is 4. The quantitative estimate of drug-likeness (QED) is 0.800. The predicted molar refractivity (Wildman–Crippen MR) is 67.5 cm³/mol. The van der Waals surface area contributed by atoms with Crippen LogP contribution in [-0.4, -0.2) is 34.5 Å². The van der Waals surface area contributed by atoms with Crippen molar-refractivity contribution in [2.75, 3.05) is 34.5 Å². The third kappa shape index (κ3) is 2.09. The Kier molecular flexibility index (Phi) is 3.49. The van der Waals surface area contributed by atoms with Crippen LogP contribution < -0.4 is 14.2 Å². The van der Waals surface area contributed by atoms with Gasteiger partial charge >= 0.3 is 0 Å². The van der Waals surface area contributed by atoms with Gasteiger partial charge in [0.25, 0.3) is 0 Å². The van der Waals surface area contributed by atoms with E-state index in [9.17, 15) is 0 Å². The Labute approximate surface area is 109 Å². The molecule has 4 nitrogen and oxygen atoms in total. The van der Waals surface area contributed by atoms with Crippen LogP contribution in [0.2, 0.25) is 0 Å². The van der Waals surface area contributed by atoms with Gasteiger partial charge in [0.15, 0.2) is 0 Å². The van der Waals surface area contributed by atoms with Gasteiger partial charge in [0, 0.05) is 12.1 Å². The minimum Gasteiger partial charge on any atom is -0.496 e. The van der Waals surface area contributed by atoms with Crippen LogP contribution in [-0.2, 0) is 9.06 Å². The molecule has 0 radical (unpaired) electrons. The average Bonchev–Trinajstić information content (AvgIpc) is 2.34. The highest BCUT2D eigenvalue weighted by atomic mass is 79.9. The normalized spacial score (nSPS) is 17.2. The molecule has 2 rings (SSSR count). The molecule has 5 heteroatoms. The number of rotatable bonds is 4. The molecule has 1 saturated heterocycles. The fourth-order valence-electron chi connectivity index (χ4n) is 1.87. The molecule has 0 unspecified atom stereocenters. The molecule has 0 spiro atoms. The standard InChI is InChI=1S/C12H15BrO4/c1-14-8-4-9(15-2)11(10(5-8)16-3)12(13)6-17-7-12/h4-5H,6-7H2,1-3H3. The average molecular weight is 303 g/mol. The topological polar surface area (TPSA) is 36.9 Å². The fraction of sp³-hybridized carbons (Fsp3) is 0.500. The lowest BCUT2D eigenvalue weighted by Gasteiger charge is -2.38. The second kappa shape index (κ2) is 4.74. The van der Waals surface area contributed by atoms with Crippen molar-refractivity contribution < 1.29 is 18.9 Å². The summed E-state index contributed by atoms with van der Waals surface area (Å²) in [5.41, 5.74) is 0.967. The minimum atomic E-state index is -0.226. The van der Waals surface area contributed by atoms with Crippen LogP contribution in [0.5, 0.6) is 17.2 Å². The van der Waals surface area contributed by atoms with E-state index in [1.165, 1.54) is 0 Å². The van der Waals surface area contributed by atoms with Crippen molar-refractivity contribution in [1.29, 1.82) is 0 Å². The zero-order valence-corrected chi connectivity index (χ0v) is 11.7. The maximum absolute atomic E-state index is 5.41. The molecular weight excluding hydrogens is 288 g/mol. The molecule has 0 N–H and O–H groups in total. The van der Waals surface area contributed by atoms with E-state index in [0.29, 0.717) is 19.0 Å². The summed E-state index contributed by atoms with van der Waals surface area (Å²) in [6, 6.07) is 3.69. The molecule has 1 aliphatic heterocycles. The monoisotopic (exact) mass is 302 g/mol. The SMILES string of the molecule is COc1cc(OC)c(C2(Br)COC2)c(OC)c1. The zero-order valence-electron chi connectivity index (χ0n) is 10.1. The van der Waals surface area contributed by atoms with Crippen LogP contribution in [0, 0.1) is 0 Å². The van der Waals surface area contributed by atoms with Gasteiger partial charge in [-0.25, -0.2) is 0 Å². The Morgan fingerprint density at radius 2 is 1.59 bits per heavy atom. The van der Waals surface area contributed by atoms with Crippen LogP contribution in [0.25, 0.3) is 0 Å². The van der Waals surface area contributed by atoms with Crippen molar-refractivity contribution in [1.82, 2.24) is 0 Å². The first-order valence-electron chi connectivity index (χ1n) is 5.22. The zero-order chi connectivity index (χ0) is 12.5. The van der Waals surface area contributed by atoms with Crippen molar-refractivity contribution >= 4 is 15.9 Å². The molecule has 0 amide bonds. The number of hydrogen-bond donors (Lipinski definition) is 0. The summed E-state index contributed by atoms with van der Waals surface area (Å²) < 4.78 is 21.1. The van der Waals surface area contributed by atoms with Gasteiger partial charge in [-0.3, -0.25) is 0 Å². The minimum absolute atomic E-state index is 0.226. The van der Waals surface area contributed by atoms with Crippen molar-refractivity contribution in [3.05, 3.63) is 17.7 Å². The molecule has 1 aromatic rings. The second-order valence-corrected chi connectivity index (χ2v) is 5.38. The van der Waals surface area contributed by atoms with Crippen LogP contribution in [0.15, 0.2) is 12.1 Å². The van der Waals surface area contributed by atoms with Gasteiger partial charge < -0.3 is 18.9 Å². The van der Waals surface area contributed by atoms with Gasteiger partial charge in [-0.15, -0.1) is 0 Å². The van der Waals surface area contributed by atoms with E-state index in [-0.39, 0.29) is 4.32 Å². The number of halogens is 1. The molecule has 0 saturated carbocycles. The van der Waals surface area contributed by atoms with Crippen molar-refractivity contribution in [2.45, 2.75) is 4.32 Å². The van der Waals surface area contributed by atoms with Gasteiger partial charge in [0.05, 0.1) is 40.1 Å². The summed E-state index contributed by atoms with van der Waals surface area (Å²) in [6.45, 7) is 1.21. The van der Waals surface area contributed by atoms with E-state index < -0.39 is 0 Å². The lowest BCUT2D eigenvalue weighted by atomic mass is 9.95. The van der Waals surface area contributed by atoms with Gasteiger partial charge in [-0.1, -0.05) is 15.9 Å². The van der Waals surface area contributed by atoms with Crippen molar-refractivity contribution in [2.24, 2.45) is 0 Å². The maximum Gasteiger partial charge on any atom is 0.131 e. The number of ether oxygens (including phenoxy) is 4. The Balaban J connectivity index is 2.54. The lowest BCUT2D eigenvalue weighted by Crippen LogP contribution is -2.41. The molecule has 0 bridgehead atoms. The largest absolute Gasteiger partial charge is 0.496 e. The summed E-state index contributed by atoms with van der Waals surface area (Å²) in [5, 5.41) is 0. The lowest BCUT2D eigenvalue weighted by molar-refractivity contribution is -0.00885. The van der Waals surface area contributed by atoms with E-state index >= 15 is 0 Å². The first kappa shape index (κ1) is 12.5. The number of benzene rings is 1. The molecule has 0 atom stereocenters. The fourth-order valence-corrected chi connectivity index (χ4v) is 2.59. The van der Waals surface area contributed by atoms with Crippen LogP contribution >= 0.6 is 15.9 Å². The van der Waals surface area contributed by atoms with Gasteiger partial charge in [-0.2, -0.15) is 0 Å². The molecule has 94 valence electrons. The van der Waals surface area contributed by atoms with Crippen LogP contribution in [0.4, 0.5) is 0 Å². The smallest absolute Gasteiger partial charge is 0.131 e. The number of alkyl halides is 1. The molecule has 0 aliphatic carbocycles. The molecule has 0 aromatic heterocycles. The van der Waals surface area contributed by atoms with E-state index in [2.05, 4.69) is 15.9 Å². The summed E-state index contributed by atoms with van der Waals surface area (Å²) >= 11 is 3.68. The highest BCUT2D eigenvalue weighted by molar-refractivity contribution is 9.09. The van der Waals surface area contributed by atoms with E-state index in [1.807, 2.05) is 12.1 Å². The van der Waals surface area contributed by atoms with Gasteiger partial charge in [0.2, 0.25) is 0 Å². The Morgan fingerprint density at radius 3 is 1.88 bits per heavy atom. The van der Waals surface area contributed by atoms with E-state index in [1.54, 1.807) is 21.3 Å². The first-order chi connectivity index (χ1) is 8.14. The summed E-state index contributed by atoms with van der Waals surface area (Å²) in [7, 11) is 4.88. The Bertz CT molecular complexity index is 390. The highest BCUT2D eigenvalue weighted by Crippen LogP contribution is 2.49. The Morgan fingerprint density at radius 1 is 1.06 bits per heavy atom. The number of methoxy groups -OCH3 is 3. The predicted octanol–water partition coefficient (Wildman–Crippen LogP) is 2.33. The first-order valence-corrected chi connectivity index (χ1v) is 6.01. The third-order valence-corrected chi connectivity index (χ3v) is 3.68. The molecular formula is C12H15BrO4. The van der Waals surface area contributed by atoms with Crippen molar-refractivity contribution in [3.63, 3.8) is 0 Å². The van der Waals surface area contributed by atoms with Crippen LogP contribution in [0.3, 0.4) is 0 Å². The van der Waals surface area contributed by atoms with Crippen molar-refractivity contribution in [3.8, 4) is 17.2 Å². The summed E-state index contributed by atoms with van der Waals surface area (Å²) in [4.78, 5) is 0. The molecule has 17 heavy (non-hydrogen) atoms. The molecule has 1 aromatic carbocycles. The molecule has 1 aliphatic rings. The Hall–Kier alpha value is -0.940. The highest BCUT2D eigenvalue weighted by Gasteiger charge is 2.42. The molecule has 1 fully saturated rings.